The molecule has 0 amide bonds. The molecule has 0 aliphatic heterocycles. The van der Waals surface area contributed by atoms with Crippen molar-refractivity contribution >= 4 is 72.7 Å². The first-order valence-corrected chi connectivity index (χ1v) is 15.4. The standard InChI is InChI=1S/C39H24ClN5O/c40-38-41-37(42-39(43-38)44(25-14-4-1-5-15-25)26-16-6-2-7-17-26)31-24-30-28-20-10-12-22-32(28)45(27-18-8-3-9-19-27)35(30)34-29-21-11-13-23-33(29)46-36(31)34/h1-24H. The Kier molecular flexibility index (Phi) is 6.08. The summed E-state index contributed by atoms with van der Waals surface area (Å²) in [5.74, 6) is 0.831. The number of nitrogens with zero attached hydrogens (tertiary/aromatic N) is 5. The lowest BCUT2D eigenvalue weighted by Crippen LogP contribution is -2.14. The monoisotopic (exact) mass is 613 g/mol. The molecule has 0 N–H and O–H groups in total. The molecule has 0 aliphatic carbocycles. The molecular weight excluding hydrogens is 590 g/mol. The fourth-order valence-corrected chi connectivity index (χ4v) is 6.60. The maximum absolute atomic E-state index is 6.72. The Morgan fingerprint density at radius 1 is 0.587 bits per heavy atom. The van der Waals surface area contributed by atoms with Crippen molar-refractivity contribution < 1.29 is 4.42 Å². The first-order valence-electron chi connectivity index (χ1n) is 15.0. The normalized spacial score (nSPS) is 11.6. The number of halogens is 1. The second-order valence-electron chi connectivity index (χ2n) is 11.0. The molecule has 6 nitrogen and oxygen atoms in total. The summed E-state index contributed by atoms with van der Waals surface area (Å²) in [6.07, 6.45) is 0. The number of anilines is 3. The second kappa shape index (κ2) is 10.6. The molecule has 7 heteroatoms. The SMILES string of the molecule is Clc1nc(-c2cc3c4ccccc4n(-c4ccccc4)c3c3c2oc2ccccc23)nc(N(c2ccccc2)c2ccccc2)n1. The fraction of sp³-hybridized carbons (Fsp3) is 0. The van der Waals surface area contributed by atoms with Gasteiger partial charge in [0.1, 0.15) is 11.2 Å². The van der Waals surface area contributed by atoms with E-state index in [1.165, 1.54) is 0 Å². The number of rotatable bonds is 5. The van der Waals surface area contributed by atoms with E-state index in [9.17, 15) is 0 Å². The summed E-state index contributed by atoms with van der Waals surface area (Å²) in [5, 5.41) is 4.27. The lowest BCUT2D eigenvalue weighted by atomic mass is 10.0. The fourth-order valence-electron chi connectivity index (χ4n) is 6.44. The Balaban J connectivity index is 1.39. The molecule has 0 spiro atoms. The Hall–Kier alpha value is -5.98. The quantitative estimate of drug-likeness (QED) is 0.193. The van der Waals surface area contributed by atoms with Crippen LogP contribution in [0.2, 0.25) is 5.28 Å². The highest BCUT2D eigenvalue weighted by Gasteiger charge is 2.25. The van der Waals surface area contributed by atoms with Crippen molar-refractivity contribution in [1.82, 2.24) is 19.5 Å². The highest BCUT2D eigenvalue weighted by Crippen LogP contribution is 2.45. The third-order valence-electron chi connectivity index (χ3n) is 8.36. The van der Waals surface area contributed by atoms with Crippen LogP contribution in [0.3, 0.4) is 0 Å². The minimum Gasteiger partial charge on any atom is -0.455 e. The molecule has 0 aliphatic rings. The number of hydrogen-bond acceptors (Lipinski definition) is 5. The molecule has 218 valence electrons. The van der Waals surface area contributed by atoms with Gasteiger partial charge in [-0.2, -0.15) is 15.0 Å². The summed E-state index contributed by atoms with van der Waals surface area (Å²) < 4.78 is 8.99. The Morgan fingerprint density at radius 2 is 1.20 bits per heavy atom. The van der Waals surface area contributed by atoms with Crippen molar-refractivity contribution in [3.05, 3.63) is 151 Å². The first-order chi connectivity index (χ1) is 22.7. The van der Waals surface area contributed by atoms with E-state index in [-0.39, 0.29) is 5.28 Å². The van der Waals surface area contributed by atoms with Gasteiger partial charge in [0, 0.05) is 33.2 Å². The van der Waals surface area contributed by atoms with Crippen LogP contribution in [0, 0.1) is 0 Å². The largest absolute Gasteiger partial charge is 0.455 e. The molecule has 0 saturated carbocycles. The summed E-state index contributed by atoms with van der Waals surface area (Å²) >= 11 is 6.72. The molecule has 0 radical (unpaired) electrons. The number of para-hydroxylation sites is 5. The summed E-state index contributed by atoms with van der Waals surface area (Å²) in [6.45, 7) is 0. The summed E-state index contributed by atoms with van der Waals surface area (Å²) in [7, 11) is 0. The Labute approximate surface area is 268 Å². The molecule has 3 heterocycles. The average molecular weight is 614 g/mol. The molecule has 6 aromatic carbocycles. The zero-order chi connectivity index (χ0) is 30.6. The van der Waals surface area contributed by atoms with Gasteiger partial charge in [-0.05, 0) is 66.2 Å². The van der Waals surface area contributed by atoms with Crippen molar-refractivity contribution in [2.24, 2.45) is 0 Å². The van der Waals surface area contributed by atoms with Gasteiger partial charge in [-0.3, -0.25) is 4.90 Å². The van der Waals surface area contributed by atoms with Gasteiger partial charge in [0.25, 0.3) is 0 Å². The van der Waals surface area contributed by atoms with Crippen LogP contribution in [0.25, 0.3) is 60.8 Å². The van der Waals surface area contributed by atoms with E-state index in [0.29, 0.717) is 17.4 Å². The minimum absolute atomic E-state index is 0.0907. The molecule has 9 aromatic rings. The molecule has 0 bridgehead atoms. The molecule has 9 rings (SSSR count). The van der Waals surface area contributed by atoms with Crippen LogP contribution >= 0.6 is 11.6 Å². The lowest BCUT2D eigenvalue weighted by molar-refractivity contribution is 0.669. The van der Waals surface area contributed by atoms with E-state index in [1.807, 2.05) is 89.8 Å². The van der Waals surface area contributed by atoms with Gasteiger partial charge in [0.15, 0.2) is 5.82 Å². The zero-order valence-corrected chi connectivity index (χ0v) is 25.1. The molecule has 0 fully saturated rings. The van der Waals surface area contributed by atoms with Gasteiger partial charge < -0.3 is 8.98 Å². The maximum atomic E-state index is 6.72. The number of fused-ring (bicyclic) bond motifs is 7. The number of benzene rings is 6. The summed E-state index contributed by atoms with van der Waals surface area (Å²) in [4.78, 5) is 16.4. The molecule has 0 saturated heterocycles. The van der Waals surface area contributed by atoms with Crippen LogP contribution in [0.4, 0.5) is 17.3 Å². The summed E-state index contributed by atoms with van der Waals surface area (Å²) in [6, 6.07) is 49.2. The molecule has 0 atom stereocenters. The van der Waals surface area contributed by atoms with Crippen molar-refractivity contribution in [3.8, 4) is 17.1 Å². The zero-order valence-electron chi connectivity index (χ0n) is 24.4. The number of aromatic nitrogens is 4. The lowest BCUT2D eigenvalue weighted by Gasteiger charge is -2.23. The third-order valence-corrected chi connectivity index (χ3v) is 8.53. The van der Waals surface area contributed by atoms with E-state index < -0.39 is 0 Å². The Bertz CT molecular complexity index is 2500. The average Bonchev–Trinajstić information content (AvgIpc) is 3.65. The highest BCUT2D eigenvalue weighted by molar-refractivity contribution is 6.29. The topological polar surface area (TPSA) is 60.0 Å². The molecular formula is C39H24ClN5O. The van der Waals surface area contributed by atoms with Gasteiger partial charge in [0.2, 0.25) is 11.2 Å². The van der Waals surface area contributed by atoms with E-state index in [4.69, 9.17) is 26.0 Å². The van der Waals surface area contributed by atoms with Gasteiger partial charge in [-0.1, -0.05) is 91.0 Å². The van der Waals surface area contributed by atoms with Crippen LogP contribution in [0.5, 0.6) is 0 Å². The minimum atomic E-state index is 0.0907. The van der Waals surface area contributed by atoms with E-state index >= 15 is 0 Å². The van der Waals surface area contributed by atoms with Crippen molar-refractivity contribution in [3.63, 3.8) is 0 Å². The predicted octanol–water partition coefficient (Wildman–Crippen LogP) is 10.7. The van der Waals surface area contributed by atoms with Gasteiger partial charge in [-0.25, -0.2) is 0 Å². The third kappa shape index (κ3) is 4.15. The van der Waals surface area contributed by atoms with Crippen LogP contribution < -0.4 is 4.90 Å². The van der Waals surface area contributed by atoms with Crippen molar-refractivity contribution in [2.75, 3.05) is 4.90 Å². The van der Waals surface area contributed by atoms with E-state index in [2.05, 4.69) is 70.2 Å². The van der Waals surface area contributed by atoms with Gasteiger partial charge in [-0.15, -0.1) is 0 Å². The molecule has 3 aromatic heterocycles. The highest BCUT2D eigenvalue weighted by atomic mass is 35.5. The maximum Gasteiger partial charge on any atom is 0.239 e. The van der Waals surface area contributed by atoms with Crippen molar-refractivity contribution in [1.29, 1.82) is 0 Å². The first kappa shape index (κ1) is 26.4. The predicted molar refractivity (Wildman–Crippen MR) is 187 cm³/mol. The molecule has 0 unspecified atom stereocenters. The van der Waals surface area contributed by atoms with Crippen LogP contribution in [0.1, 0.15) is 0 Å². The van der Waals surface area contributed by atoms with E-state index in [0.717, 1.165) is 60.8 Å². The summed E-state index contributed by atoms with van der Waals surface area (Å²) in [5.41, 5.74) is 7.24. The molecule has 46 heavy (non-hydrogen) atoms. The van der Waals surface area contributed by atoms with Gasteiger partial charge >= 0.3 is 0 Å². The number of hydrogen-bond donors (Lipinski definition) is 0. The van der Waals surface area contributed by atoms with Crippen molar-refractivity contribution in [2.45, 2.75) is 0 Å². The second-order valence-corrected chi connectivity index (χ2v) is 11.4. The smallest absolute Gasteiger partial charge is 0.239 e. The van der Waals surface area contributed by atoms with Crippen LogP contribution in [-0.4, -0.2) is 19.5 Å². The van der Waals surface area contributed by atoms with Gasteiger partial charge in [0.05, 0.1) is 22.0 Å². The van der Waals surface area contributed by atoms with Crippen LogP contribution in [-0.2, 0) is 0 Å². The van der Waals surface area contributed by atoms with Crippen LogP contribution in [0.15, 0.2) is 150 Å². The Morgan fingerprint density at radius 3 is 1.91 bits per heavy atom. The number of furan rings is 1. The van der Waals surface area contributed by atoms with E-state index in [1.54, 1.807) is 0 Å².